The zero-order valence-corrected chi connectivity index (χ0v) is 16.1. The Labute approximate surface area is 170 Å². The molecule has 0 aliphatic heterocycles. The number of amides is 2. The Morgan fingerprint density at radius 3 is 2.48 bits per heavy atom. The van der Waals surface area contributed by atoms with Crippen LogP contribution in [0.2, 0.25) is 0 Å². The van der Waals surface area contributed by atoms with Crippen LogP contribution >= 0.6 is 0 Å². The number of rotatable bonds is 8. The summed E-state index contributed by atoms with van der Waals surface area (Å²) in [6.45, 7) is 1.51. The number of pyridine rings is 1. The van der Waals surface area contributed by atoms with Crippen LogP contribution in [0.1, 0.15) is 32.7 Å². The summed E-state index contributed by atoms with van der Waals surface area (Å²) in [6, 6.07) is 20.1. The molecule has 1 heterocycles. The molecule has 0 radical (unpaired) electrons. The van der Waals surface area contributed by atoms with Crippen LogP contribution in [0.4, 0.5) is 5.69 Å². The molecule has 3 N–H and O–H groups in total. The van der Waals surface area contributed by atoms with E-state index in [1.54, 1.807) is 23.2 Å². The molecule has 0 unspecified atom stereocenters. The van der Waals surface area contributed by atoms with E-state index in [-0.39, 0.29) is 11.8 Å². The molecule has 0 bridgehead atoms. The fraction of sp³-hybridized carbons (Fsp3) is 0.174. The molecule has 6 heteroatoms. The minimum atomic E-state index is -0.226. The monoisotopic (exact) mass is 388 g/mol. The van der Waals surface area contributed by atoms with Gasteiger partial charge >= 0.3 is 0 Å². The highest BCUT2D eigenvalue weighted by Gasteiger charge is 2.16. The zero-order valence-electron chi connectivity index (χ0n) is 16.1. The van der Waals surface area contributed by atoms with E-state index in [2.05, 4.69) is 10.3 Å². The van der Waals surface area contributed by atoms with Gasteiger partial charge in [0.25, 0.3) is 11.8 Å². The maximum atomic E-state index is 12.9. The van der Waals surface area contributed by atoms with E-state index in [4.69, 9.17) is 5.73 Å². The molecule has 0 saturated carbocycles. The van der Waals surface area contributed by atoms with E-state index in [1.165, 1.54) is 6.20 Å². The van der Waals surface area contributed by atoms with Crippen LogP contribution in [-0.2, 0) is 6.54 Å². The smallest absolute Gasteiger partial charge is 0.257 e. The predicted molar refractivity (Wildman–Crippen MR) is 113 cm³/mol. The molecular formula is C23H24N4O2. The summed E-state index contributed by atoms with van der Waals surface area (Å²) in [6.07, 6.45) is 3.86. The fourth-order valence-corrected chi connectivity index (χ4v) is 2.97. The van der Waals surface area contributed by atoms with E-state index in [9.17, 15) is 9.59 Å². The standard InChI is InChI=1S/C23H24N4O2/c24-12-6-14-27(23(29)19-8-2-1-3-9-19)17-18-7-4-11-21(15-18)26-22(28)20-10-5-13-25-16-20/h1-5,7-11,13,15-16H,6,12,14,17,24H2,(H,26,28). The second-order valence-electron chi connectivity index (χ2n) is 6.63. The summed E-state index contributed by atoms with van der Waals surface area (Å²) in [5.74, 6) is -0.264. The summed E-state index contributed by atoms with van der Waals surface area (Å²) in [7, 11) is 0. The molecular weight excluding hydrogens is 364 g/mol. The molecule has 0 spiro atoms. The number of nitrogens with two attached hydrogens (primary N) is 1. The summed E-state index contributed by atoms with van der Waals surface area (Å²) < 4.78 is 0. The van der Waals surface area contributed by atoms with Crippen molar-refractivity contribution in [1.82, 2.24) is 9.88 Å². The molecule has 6 nitrogen and oxygen atoms in total. The van der Waals surface area contributed by atoms with Crippen molar-refractivity contribution in [3.05, 3.63) is 95.8 Å². The van der Waals surface area contributed by atoms with Crippen molar-refractivity contribution >= 4 is 17.5 Å². The number of hydrogen-bond donors (Lipinski definition) is 2. The van der Waals surface area contributed by atoms with Gasteiger partial charge in [-0.25, -0.2) is 0 Å². The van der Waals surface area contributed by atoms with Crippen molar-refractivity contribution in [2.75, 3.05) is 18.4 Å². The Balaban J connectivity index is 1.73. The van der Waals surface area contributed by atoms with Gasteiger partial charge in [-0.05, 0) is 54.9 Å². The number of carbonyl (C=O) groups excluding carboxylic acids is 2. The molecule has 3 aromatic rings. The summed E-state index contributed by atoms with van der Waals surface area (Å²) in [4.78, 5) is 31.0. The van der Waals surface area contributed by atoms with Crippen LogP contribution in [0.15, 0.2) is 79.1 Å². The van der Waals surface area contributed by atoms with Gasteiger partial charge in [-0.2, -0.15) is 0 Å². The number of benzene rings is 2. The molecule has 0 atom stereocenters. The SMILES string of the molecule is NCCCN(Cc1cccc(NC(=O)c2cccnc2)c1)C(=O)c1ccccc1. The Hall–Kier alpha value is -3.51. The first kappa shape index (κ1) is 20.2. The maximum Gasteiger partial charge on any atom is 0.257 e. The molecule has 0 fully saturated rings. The lowest BCUT2D eigenvalue weighted by atomic mass is 10.1. The third-order valence-corrected chi connectivity index (χ3v) is 4.42. The van der Waals surface area contributed by atoms with Crippen LogP contribution < -0.4 is 11.1 Å². The van der Waals surface area contributed by atoms with Gasteiger partial charge in [0.2, 0.25) is 0 Å². The number of nitrogens with one attached hydrogen (secondary N) is 1. The van der Waals surface area contributed by atoms with Crippen LogP contribution in [0.25, 0.3) is 0 Å². The number of aromatic nitrogens is 1. The number of hydrogen-bond acceptors (Lipinski definition) is 4. The maximum absolute atomic E-state index is 12.9. The van der Waals surface area contributed by atoms with Crippen LogP contribution in [-0.4, -0.2) is 34.8 Å². The normalized spacial score (nSPS) is 10.4. The van der Waals surface area contributed by atoms with Crippen molar-refractivity contribution < 1.29 is 9.59 Å². The van der Waals surface area contributed by atoms with E-state index < -0.39 is 0 Å². The van der Waals surface area contributed by atoms with E-state index in [0.717, 1.165) is 12.0 Å². The van der Waals surface area contributed by atoms with Gasteiger partial charge in [-0.15, -0.1) is 0 Å². The Morgan fingerprint density at radius 1 is 0.966 bits per heavy atom. The van der Waals surface area contributed by atoms with Crippen molar-refractivity contribution in [2.24, 2.45) is 5.73 Å². The highest BCUT2D eigenvalue weighted by Crippen LogP contribution is 2.16. The Morgan fingerprint density at radius 2 is 1.76 bits per heavy atom. The van der Waals surface area contributed by atoms with Gasteiger partial charge in [-0.1, -0.05) is 30.3 Å². The molecule has 2 aromatic carbocycles. The summed E-state index contributed by atoms with van der Waals surface area (Å²) in [5, 5.41) is 2.87. The largest absolute Gasteiger partial charge is 0.334 e. The second-order valence-corrected chi connectivity index (χ2v) is 6.63. The number of anilines is 1. The summed E-state index contributed by atoms with van der Waals surface area (Å²) in [5.41, 5.74) is 8.38. The van der Waals surface area contributed by atoms with Gasteiger partial charge in [0.05, 0.1) is 5.56 Å². The average Bonchev–Trinajstić information content (AvgIpc) is 2.77. The number of nitrogens with zero attached hydrogens (tertiary/aromatic N) is 2. The molecule has 29 heavy (non-hydrogen) atoms. The lowest BCUT2D eigenvalue weighted by Crippen LogP contribution is -2.32. The first-order chi connectivity index (χ1) is 14.2. The first-order valence-electron chi connectivity index (χ1n) is 9.52. The van der Waals surface area contributed by atoms with Crippen molar-refractivity contribution in [3.63, 3.8) is 0 Å². The Kier molecular flexibility index (Phi) is 7.08. The van der Waals surface area contributed by atoms with Crippen LogP contribution in [0.3, 0.4) is 0 Å². The van der Waals surface area contributed by atoms with Gasteiger partial charge in [0, 0.05) is 36.7 Å². The van der Waals surface area contributed by atoms with E-state index in [1.807, 2.05) is 54.6 Å². The minimum absolute atomic E-state index is 0.0381. The van der Waals surface area contributed by atoms with Crippen LogP contribution in [0.5, 0.6) is 0 Å². The molecule has 1 aromatic heterocycles. The van der Waals surface area contributed by atoms with E-state index in [0.29, 0.717) is 36.4 Å². The lowest BCUT2D eigenvalue weighted by Gasteiger charge is -2.23. The summed E-state index contributed by atoms with van der Waals surface area (Å²) >= 11 is 0. The molecule has 2 amide bonds. The zero-order chi connectivity index (χ0) is 20.5. The molecule has 0 aliphatic carbocycles. The number of carbonyl (C=O) groups is 2. The topological polar surface area (TPSA) is 88.3 Å². The third-order valence-electron chi connectivity index (χ3n) is 4.42. The van der Waals surface area contributed by atoms with Crippen molar-refractivity contribution in [2.45, 2.75) is 13.0 Å². The quantitative estimate of drug-likeness (QED) is 0.620. The molecule has 0 aliphatic rings. The van der Waals surface area contributed by atoms with Gasteiger partial charge in [0.15, 0.2) is 0 Å². The Bertz CT molecular complexity index is 945. The molecule has 148 valence electrons. The van der Waals surface area contributed by atoms with Crippen molar-refractivity contribution in [3.8, 4) is 0 Å². The third kappa shape index (κ3) is 5.73. The fourth-order valence-electron chi connectivity index (χ4n) is 2.97. The molecule has 0 saturated heterocycles. The average molecular weight is 388 g/mol. The van der Waals surface area contributed by atoms with Gasteiger partial charge in [-0.3, -0.25) is 14.6 Å². The minimum Gasteiger partial charge on any atom is -0.334 e. The highest BCUT2D eigenvalue weighted by molar-refractivity contribution is 6.04. The van der Waals surface area contributed by atoms with Crippen LogP contribution in [0, 0.1) is 0 Å². The van der Waals surface area contributed by atoms with E-state index >= 15 is 0 Å². The highest BCUT2D eigenvalue weighted by atomic mass is 16.2. The molecule has 3 rings (SSSR count). The lowest BCUT2D eigenvalue weighted by molar-refractivity contribution is 0.0742. The van der Waals surface area contributed by atoms with Gasteiger partial charge < -0.3 is 16.0 Å². The predicted octanol–water partition coefficient (Wildman–Crippen LogP) is 3.33. The van der Waals surface area contributed by atoms with Crippen molar-refractivity contribution in [1.29, 1.82) is 0 Å². The first-order valence-corrected chi connectivity index (χ1v) is 9.52. The van der Waals surface area contributed by atoms with Gasteiger partial charge in [0.1, 0.15) is 0 Å². The second kappa shape index (κ2) is 10.1.